The molecule has 82 valence electrons. The summed E-state index contributed by atoms with van der Waals surface area (Å²) in [6.07, 6.45) is 2.05. The van der Waals surface area contributed by atoms with Gasteiger partial charge in [0.25, 0.3) is 0 Å². The van der Waals surface area contributed by atoms with E-state index in [1.54, 1.807) is 0 Å². The molecule has 0 fully saturated rings. The van der Waals surface area contributed by atoms with Crippen molar-refractivity contribution in [2.45, 2.75) is 32.9 Å². The largest absolute Gasteiger partial charge is 0.302 e. The van der Waals surface area contributed by atoms with E-state index in [0.717, 1.165) is 19.3 Å². The minimum absolute atomic E-state index is 0.454. The van der Waals surface area contributed by atoms with E-state index in [0.29, 0.717) is 12.6 Å². The summed E-state index contributed by atoms with van der Waals surface area (Å²) in [5, 5.41) is 0. The van der Waals surface area contributed by atoms with E-state index in [9.17, 15) is 4.79 Å². The van der Waals surface area contributed by atoms with Gasteiger partial charge in [-0.2, -0.15) is 0 Å². The molecule has 0 heterocycles. The van der Waals surface area contributed by atoms with Crippen LogP contribution in [0.5, 0.6) is 0 Å². The van der Waals surface area contributed by atoms with Gasteiger partial charge >= 0.3 is 0 Å². The molecule has 1 unspecified atom stereocenters. The Kier molecular flexibility index (Phi) is 5.05. The molecule has 0 aromatic heterocycles. The lowest BCUT2D eigenvalue weighted by Crippen LogP contribution is -2.33. The fourth-order valence-electron chi connectivity index (χ4n) is 1.57. The standard InChI is InChI=1S/C13H19NO/c1-3-12(2)14(9-10-15)11-13-7-5-4-6-8-13/h4-8,10,12H,3,9,11H2,1-2H3. The van der Waals surface area contributed by atoms with Gasteiger partial charge in [0, 0.05) is 12.6 Å². The molecule has 0 saturated carbocycles. The molecule has 0 aliphatic rings. The fourth-order valence-corrected chi connectivity index (χ4v) is 1.57. The first-order valence-electron chi connectivity index (χ1n) is 5.49. The Hall–Kier alpha value is -1.15. The van der Waals surface area contributed by atoms with Crippen molar-refractivity contribution >= 4 is 6.29 Å². The smallest absolute Gasteiger partial charge is 0.134 e. The van der Waals surface area contributed by atoms with Gasteiger partial charge in [-0.05, 0) is 18.9 Å². The summed E-state index contributed by atoms with van der Waals surface area (Å²) in [6, 6.07) is 10.7. The number of benzene rings is 1. The van der Waals surface area contributed by atoms with Crippen molar-refractivity contribution < 1.29 is 4.79 Å². The van der Waals surface area contributed by atoms with E-state index in [2.05, 4.69) is 30.9 Å². The van der Waals surface area contributed by atoms with Crippen molar-refractivity contribution in [3.8, 4) is 0 Å². The van der Waals surface area contributed by atoms with Gasteiger partial charge in [0.1, 0.15) is 6.29 Å². The molecule has 15 heavy (non-hydrogen) atoms. The van der Waals surface area contributed by atoms with Crippen molar-refractivity contribution in [2.24, 2.45) is 0 Å². The lowest BCUT2D eigenvalue weighted by atomic mass is 10.1. The molecule has 0 aliphatic heterocycles. The van der Waals surface area contributed by atoms with Crippen LogP contribution in [-0.4, -0.2) is 23.8 Å². The number of hydrogen-bond acceptors (Lipinski definition) is 2. The second-order valence-corrected chi connectivity index (χ2v) is 3.84. The Morgan fingerprint density at radius 3 is 2.53 bits per heavy atom. The van der Waals surface area contributed by atoms with Crippen LogP contribution < -0.4 is 0 Å². The minimum atomic E-state index is 0.454. The second kappa shape index (κ2) is 6.36. The monoisotopic (exact) mass is 205 g/mol. The number of carbonyl (C=O) groups excluding carboxylic acids is 1. The second-order valence-electron chi connectivity index (χ2n) is 3.84. The molecule has 1 aromatic carbocycles. The van der Waals surface area contributed by atoms with Gasteiger partial charge in [-0.25, -0.2) is 0 Å². The number of nitrogens with zero attached hydrogens (tertiary/aromatic N) is 1. The molecule has 0 bridgehead atoms. The molecule has 1 rings (SSSR count). The molecular weight excluding hydrogens is 186 g/mol. The summed E-state index contributed by atoms with van der Waals surface area (Å²) in [5.74, 6) is 0. The van der Waals surface area contributed by atoms with E-state index >= 15 is 0 Å². The van der Waals surface area contributed by atoms with Gasteiger partial charge in [0.05, 0.1) is 6.54 Å². The van der Waals surface area contributed by atoms with Gasteiger partial charge in [-0.15, -0.1) is 0 Å². The van der Waals surface area contributed by atoms with E-state index < -0.39 is 0 Å². The minimum Gasteiger partial charge on any atom is -0.302 e. The van der Waals surface area contributed by atoms with Crippen molar-refractivity contribution in [2.75, 3.05) is 6.54 Å². The maximum Gasteiger partial charge on any atom is 0.134 e. The normalized spacial score (nSPS) is 12.7. The molecule has 1 aromatic rings. The molecule has 0 N–H and O–H groups in total. The average molecular weight is 205 g/mol. The highest BCUT2D eigenvalue weighted by Crippen LogP contribution is 2.09. The summed E-state index contributed by atoms with van der Waals surface area (Å²) in [7, 11) is 0. The summed E-state index contributed by atoms with van der Waals surface area (Å²) in [6.45, 7) is 5.68. The van der Waals surface area contributed by atoms with Crippen molar-refractivity contribution in [3.63, 3.8) is 0 Å². The summed E-state index contributed by atoms with van der Waals surface area (Å²) < 4.78 is 0. The Morgan fingerprint density at radius 1 is 1.33 bits per heavy atom. The highest BCUT2D eigenvalue weighted by Gasteiger charge is 2.11. The Bertz CT molecular complexity index is 284. The molecule has 2 nitrogen and oxygen atoms in total. The average Bonchev–Trinajstić information content (AvgIpc) is 2.29. The zero-order chi connectivity index (χ0) is 11.1. The Morgan fingerprint density at radius 2 is 2.00 bits per heavy atom. The van der Waals surface area contributed by atoms with Gasteiger partial charge in [-0.3, -0.25) is 4.90 Å². The Labute approximate surface area is 91.9 Å². The quantitative estimate of drug-likeness (QED) is 0.665. The predicted molar refractivity (Wildman–Crippen MR) is 62.7 cm³/mol. The molecule has 0 radical (unpaired) electrons. The fraction of sp³-hybridized carbons (Fsp3) is 0.462. The third kappa shape index (κ3) is 3.84. The molecule has 0 aliphatic carbocycles. The van der Waals surface area contributed by atoms with Crippen LogP contribution in [0.25, 0.3) is 0 Å². The van der Waals surface area contributed by atoms with Gasteiger partial charge in [0.15, 0.2) is 0 Å². The predicted octanol–water partition coefficient (Wildman–Crippen LogP) is 2.49. The van der Waals surface area contributed by atoms with Crippen LogP contribution >= 0.6 is 0 Å². The van der Waals surface area contributed by atoms with Crippen LogP contribution in [0.1, 0.15) is 25.8 Å². The lowest BCUT2D eigenvalue weighted by molar-refractivity contribution is -0.109. The van der Waals surface area contributed by atoms with Gasteiger partial charge < -0.3 is 4.79 Å². The number of hydrogen-bond donors (Lipinski definition) is 0. The van der Waals surface area contributed by atoms with Crippen LogP contribution in [0.2, 0.25) is 0 Å². The zero-order valence-corrected chi connectivity index (χ0v) is 9.52. The molecule has 1 atom stereocenters. The summed E-state index contributed by atoms with van der Waals surface area (Å²) in [4.78, 5) is 12.8. The van der Waals surface area contributed by atoms with E-state index in [1.807, 2.05) is 18.2 Å². The molecule has 0 saturated heterocycles. The van der Waals surface area contributed by atoms with Gasteiger partial charge in [0.2, 0.25) is 0 Å². The third-order valence-electron chi connectivity index (χ3n) is 2.75. The summed E-state index contributed by atoms with van der Waals surface area (Å²) >= 11 is 0. The number of aldehydes is 1. The highest BCUT2D eigenvalue weighted by atomic mass is 16.1. The lowest BCUT2D eigenvalue weighted by Gasteiger charge is -2.26. The molecule has 2 heteroatoms. The first-order chi connectivity index (χ1) is 7.27. The Balaban J connectivity index is 2.62. The SMILES string of the molecule is CCC(C)N(CC=O)Cc1ccccc1. The first-order valence-corrected chi connectivity index (χ1v) is 5.49. The van der Waals surface area contributed by atoms with Gasteiger partial charge in [-0.1, -0.05) is 37.3 Å². The number of rotatable bonds is 6. The van der Waals surface area contributed by atoms with E-state index in [-0.39, 0.29) is 0 Å². The maximum absolute atomic E-state index is 10.6. The third-order valence-corrected chi connectivity index (χ3v) is 2.75. The van der Waals surface area contributed by atoms with Crippen LogP contribution in [0.3, 0.4) is 0 Å². The molecular formula is C13H19NO. The van der Waals surface area contributed by atoms with Crippen LogP contribution in [0, 0.1) is 0 Å². The van der Waals surface area contributed by atoms with Crippen LogP contribution in [0.15, 0.2) is 30.3 Å². The maximum atomic E-state index is 10.6. The first kappa shape index (κ1) is 11.9. The highest BCUT2D eigenvalue weighted by molar-refractivity contribution is 5.52. The topological polar surface area (TPSA) is 20.3 Å². The van der Waals surface area contributed by atoms with Crippen LogP contribution in [0.4, 0.5) is 0 Å². The molecule has 0 spiro atoms. The van der Waals surface area contributed by atoms with Crippen molar-refractivity contribution in [1.29, 1.82) is 0 Å². The van der Waals surface area contributed by atoms with E-state index in [4.69, 9.17) is 0 Å². The van der Waals surface area contributed by atoms with Crippen molar-refractivity contribution in [3.05, 3.63) is 35.9 Å². The van der Waals surface area contributed by atoms with Crippen LogP contribution in [-0.2, 0) is 11.3 Å². The summed E-state index contributed by atoms with van der Waals surface area (Å²) in [5.41, 5.74) is 1.26. The van der Waals surface area contributed by atoms with E-state index in [1.165, 1.54) is 5.56 Å². The van der Waals surface area contributed by atoms with Crippen molar-refractivity contribution in [1.82, 2.24) is 4.90 Å². The zero-order valence-electron chi connectivity index (χ0n) is 9.52. The molecule has 0 amide bonds. The number of carbonyl (C=O) groups is 1.